The number of nitrogens with one attached hydrogen (secondary N) is 1. The van der Waals surface area contributed by atoms with Crippen LogP contribution in [0.2, 0.25) is 0 Å². The number of hydrogen-bond acceptors (Lipinski definition) is 1. The Morgan fingerprint density at radius 1 is 0.579 bits per heavy atom. The van der Waals surface area contributed by atoms with Gasteiger partial charge in [-0.3, -0.25) is 0 Å². The second-order valence-corrected chi connectivity index (χ2v) is 6.00. The van der Waals surface area contributed by atoms with Crippen molar-refractivity contribution in [3.05, 3.63) is 0 Å². The Balaban J connectivity index is 2.88. The summed E-state index contributed by atoms with van der Waals surface area (Å²) in [5.74, 6) is 0. The summed E-state index contributed by atoms with van der Waals surface area (Å²) in [6.07, 6.45) is 19.9. The van der Waals surface area contributed by atoms with Crippen LogP contribution in [0.25, 0.3) is 0 Å². The number of hydrogen-bond donors (Lipinski definition) is 1. The van der Waals surface area contributed by atoms with Gasteiger partial charge in [-0.05, 0) is 13.0 Å². The van der Waals surface area contributed by atoms with Crippen molar-refractivity contribution in [2.24, 2.45) is 0 Å². The van der Waals surface area contributed by atoms with Crippen LogP contribution in [0.15, 0.2) is 0 Å². The lowest BCUT2D eigenvalue weighted by Crippen LogP contribution is -2.12. The Hall–Kier alpha value is 0.250. The maximum atomic E-state index is 5.55. The van der Waals surface area contributed by atoms with Crippen LogP contribution < -0.4 is 5.32 Å². The molecular formula is C17H36ClN. The Morgan fingerprint density at radius 2 is 0.947 bits per heavy atom. The third-order valence-corrected chi connectivity index (χ3v) is 3.99. The molecule has 0 saturated heterocycles. The number of alkyl halides is 1. The van der Waals surface area contributed by atoms with E-state index in [9.17, 15) is 0 Å². The molecule has 0 bridgehead atoms. The molecule has 0 radical (unpaired) electrons. The molecule has 0 amide bonds. The van der Waals surface area contributed by atoms with Gasteiger partial charge in [-0.15, -0.1) is 11.6 Å². The van der Waals surface area contributed by atoms with Gasteiger partial charge >= 0.3 is 0 Å². The van der Waals surface area contributed by atoms with Crippen LogP contribution in [0.4, 0.5) is 0 Å². The second kappa shape index (κ2) is 18.2. The predicted molar refractivity (Wildman–Crippen MR) is 89.0 cm³/mol. The maximum absolute atomic E-state index is 5.55. The van der Waals surface area contributed by atoms with Crippen LogP contribution in [0.1, 0.15) is 96.8 Å². The fourth-order valence-corrected chi connectivity index (χ4v) is 2.64. The lowest BCUT2D eigenvalue weighted by Gasteiger charge is -2.03. The van der Waals surface area contributed by atoms with Crippen LogP contribution in [-0.4, -0.2) is 12.5 Å². The van der Waals surface area contributed by atoms with Gasteiger partial charge in [0.15, 0.2) is 0 Å². The summed E-state index contributed by atoms with van der Waals surface area (Å²) < 4.78 is 0. The van der Waals surface area contributed by atoms with Crippen LogP contribution in [0.3, 0.4) is 0 Å². The molecule has 0 aromatic rings. The highest BCUT2D eigenvalue weighted by Crippen LogP contribution is 2.12. The van der Waals surface area contributed by atoms with E-state index in [1.807, 2.05) is 0 Å². The fourth-order valence-electron chi connectivity index (χ4n) is 2.51. The standard InChI is InChI=1S/C17H36ClN/c1-2-3-4-5-6-7-8-9-10-11-12-13-14-15-16-19-17-18/h19H,2-17H2,1H3. The highest BCUT2D eigenvalue weighted by molar-refractivity contribution is 6.17. The molecule has 0 aromatic heterocycles. The summed E-state index contributed by atoms with van der Waals surface area (Å²) in [5, 5.41) is 3.16. The molecule has 0 saturated carbocycles. The molecule has 0 spiro atoms. The molecule has 0 heterocycles. The third-order valence-electron chi connectivity index (χ3n) is 3.80. The van der Waals surface area contributed by atoms with Gasteiger partial charge in [-0.2, -0.15) is 0 Å². The van der Waals surface area contributed by atoms with Gasteiger partial charge in [0.25, 0.3) is 0 Å². The van der Waals surface area contributed by atoms with Crippen molar-refractivity contribution in [3.63, 3.8) is 0 Å². The van der Waals surface area contributed by atoms with Crippen LogP contribution >= 0.6 is 11.6 Å². The molecule has 0 aromatic carbocycles. The van der Waals surface area contributed by atoms with E-state index < -0.39 is 0 Å². The first kappa shape index (κ1) is 19.2. The molecule has 1 N–H and O–H groups in total. The topological polar surface area (TPSA) is 12.0 Å². The number of unbranched alkanes of at least 4 members (excludes halogenated alkanes) is 13. The smallest absolute Gasteiger partial charge is 0.0713 e. The highest BCUT2D eigenvalue weighted by Gasteiger charge is 1.93. The monoisotopic (exact) mass is 289 g/mol. The molecule has 2 heteroatoms. The van der Waals surface area contributed by atoms with E-state index in [1.165, 1.54) is 89.9 Å². The number of halogens is 1. The van der Waals surface area contributed by atoms with Crippen LogP contribution in [0.5, 0.6) is 0 Å². The molecule has 0 aliphatic heterocycles. The van der Waals surface area contributed by atoms with Gasteiger partial charge in [0.1, 0.15) is 0 Å². The lowest BCUT2D eigenvalue weighted by atomic mass is 10.0. The minimum atomic E-state index is 0.596. The molecule has 0 unspecified atom stereocenters. The van der Waals surface area contributed by atoms with Crippen molar-refractivity contribution in [2.75, 3.05) is 12.5 Å². The normalized spacial score (nSPS) is 11.1. The Morgan fingerprint density at radius 3 is 1.32 bits per heavy atom. The third kappa shape index (κ3) is 18.2. The summed E-state index contributed by atoms with van der Waals surface area (Å²) >= 11 is 5.55. The first-order chi connectivity index (χ1) is 9.41. The fraction of sp³-hybridized carbons (Fsp3) is 1.00. The molecule has 19 heavy (non-hydrogen) atoms. The van der Waals surface area contributed by atoms with Crippen molar-refractivity contribution < 1.29 is 0 Å². The van der Waals surface area contributed by atoms with Gasteiger partial charge in [0.05, 0.1) is 6.00 Å². The van der Waals surface area contributed by atoms with Crippen LogP contribution in [0, 0.1) is 0 Å². The summed E-state index contributed by atoms with van der Waals surface area (Å²) in [4.78, 5) is 0. The molecule has 116 valence electrons. The van der Waals surface area contributed by atoms with Gasteiger partial charge < -0.3 is 5.32 Å². The van der Waals surface area contributed by atoms with E-state index in [0.29, 0.717) is 6.00 Å². The van der Waals surface area contributed by atoms with E-state index in [4.69, 9.17) is 11.6 Å². The first-order valence-corrected chi connectivity index (χ1v) is 9.22. The zero-order valence-electron chi connectivity index (χ0n) is 13.2. The molecule has 0 atom stereocenters. The average molecular weight is 290 g/mol. The maximum Gasteiger partial charge on any atom is 0.0713 e. The molecular weight excluding hydrogens is 254 g/mol. The number of rotatable bonds is 16. The summed E-state index contributed by atoms with van der Waals surface area (Å²) in [7, 11) is 0. The summed E-state index contributed by atoms with van der Waals surface area (Å²) in [6, 6.07) is 0.596. The minimum Gasteiger partial charge on any atom is -0.304 e. The van der Waals surface area contributed by atoms with E-state index in [1.54, 1.807) is 0 Å². The van der Waals surface area contributed by atoms with Crippen LogP contribution in [-0.2, 0) is 0 Å². The average Bonchev–Trinajstić information content (AvgIpc) is 2.43. The molecule has 0 rings (SSSR count). The second-order valence-electron chi connectivity index (χ2n) is 5.73. The van der Waals surface area contributed by atoms with E-state index in [2.05, 4.69) is 12.2 Å². The van der Waals surface area contributed by atoms with Crippen molar-refractivity contribution in [1.29, 1.82) is 0 Å². The minimum absolute atomic E-state index is 0.596. The van der Waals surface area contributed by atoms with Gasteiger partial charge in [-0.25, -0.2) is 0 Å². The lowest BCUT2D eigenvalue weighted by molar-refractivity contribution is 0.533. The molecule has 1 nitrogen and oxygen atoms in total. The summed E-state index contributed by atoms with van der Waals surface area (Å²) in [6.45, 7) is 3.37. The zero-order chi connectivity index (χ0) is 14.0. The molecule has 0 fully saturated rings. The van der Waals surface area contributed by atoms with Gasteiger partial charge in [0.2, 0.25) is 0 Å². The van der Waals surface area contributed by atoms with Crippen molar-refractivity contribution in [3.8, 4) is 0 Å². The quantitative estimate of drug-likeness (QED) is 0.201. The molecule has 0 aliphatic rings. The zero-order valence-corrected chi connectivity index (χ0v) is 13.9. The van der Waals surface area contributed by atoms with E-state index in [0.717, 1.165) is 6.54 Å². The van der Waals surface area contributed by atoms with Crippen molar-refractivity contribution in [2.45, 2.75) is 96.8 Å². The van der Waals surface area contributed by atoms with Gasteiger partial charge in [-0.1, -0.05) is 90.4 Å². The van der Waals surface area contributed by atoms with E-state index >= 15 is 0 Å². The van der Waals surface area contributed by atoms with Crippen molar-refractivity contribution >= 4 is 11.6 Å². The SMILES string of the molecule is CCCCCCCCCCCCCCCCNCCl. The van der Waals surface area contributed by atoms with E-state index in [-0.39, 0.29) is 0 Å². The Bertz CT molecular complexity index is 134. The largest absolute Gasteiger partial charge is 0.304 e. The summed E-state index contributed by atoms with van der Waals surface area (Å²) in [5.41, 5.74) is 0. The van der Waals surface area contributed by atoms with Gasteiger partial charge in [0, 0.05) is 0 Å². The molecule has 0 aliphatic carbocycles. The predicted octanol–water partition coefficient (Wildman–Crippen LogP) is 6.25. The van der Waals surface area contributed by atoms with Crippen molar-refractivity contribution in [1.82, 2.24) is 5.32 Å². The Kier molecular flexibility index (Phi) is 18.5. The highest BCUT2D eigenvalue weighted by atomic mass is 35.5. The first-order valence-electron chi connectivity index (χ1n) is 8.68. The Labute approximate surface area is 126 Å².